The minimum Gasteiger partial charge on any atom is -0.459 e. The van der Waals surface area contributed by atoms with E-state index in [1.807, 2.05) is 0 Å². The number of hydrogen-bond acceptors (Lipinski definition) is 2. The van der Waals surface area contributed by atoms with E-state index in [0.29, 0.717) is 5.92 Å². The standard InChI is InChI=1S/C19H27NO/c1-4-10-20-12-18-19(14-6-7-14)16-11-15(13(3)5-2)8-9-17(16)21-18/h8-9,11,13-14,20H,4-7,10,12H2,1-3H3. The van der Waals surface area contributed by atoms with Crippen molar-refractivity contribution in [3.8, 4) is 0 Å². The molecule has 2 heteroatoms. The van der Waals surface area contributed by atoms with E-state index in [0.717, 1.165) is 31.0 Å². The molecule has 21 heavy (non-hydrogen) atoms. The van der Waals surface area contributed by atoms with Crippen LogP contribution < -0.4 is 5.32 Å². The highest BCUT2D eigenvalue weighted by atomic mass is 16.3. The highest BCUT2D eigenvalue weighted by molar-refractivity contribution is 5.84. The predicted molar refractivity (Wildman–Crippen MR) is 88.9 cm³/mol. The monoisotopic (exact) mass is 285 g/mol. The summed E-state index contributed by atoms with van der Waals surface area (Å²) in [5.41, 5.74) is 4.00. The van der Waals surface area contributed by atoms with Gasteiger partial charge in [-0.2, -0.15) is 0 Å². The van der Waals surface area contributed by atoms with Crippen molar-refractivity contribution in [3.05, 3.63) is 35.1 Å². The Morgan fingerprint density at radius 1 is 1.29 bits per heavy atom. The molecular weight excluding hydrogens is 258 g/mol. The van der Waals surface area contributed by atoms with Crippen LogP contribution in [0.4, 0.5) is 0 Å². The zero-order valence-corrected chi connectivity index (χ0v) is 13.5. The molecule has 1 fully saturated rings. The van der Waals surface area contributed by atoms with Gasteiger partial charge in [0, 0.05) is 10.9 Å². The van der Waals surface area contributed by atoms with Crippen molar-refractivity contribution in [2.45, 2.75) is 64.8 Å². The molecule has 2 aromatic rings. The molecule has 0 bridgehead atoms. The number of benzene rings is 1. The second-order valence-corrected chi connectivity index (χ2v) is 6.45. The third-order valence-corrected chi connectivity index (χ3v) is 4.71. The van der Waals surface area contributed by atoms with Crippen LogP contribution in [0.15, 0.2) is 22.6 Å². The molecule has 0 aliphatic heterocycles. The molecular formula is C19H27NO. The van der Waals surface area contributed by atoms with Crippen LogP contribution in [0, 0.1) is 0 Å². The number of fused-ring (bicyclic) bond motifs is 1. The first-order valence-electron chi connectivity index (χ1n) is 8.50. The van der Waals surface area contributed by atoms with Gasteiger partial charge in [0.1, 0.15) is 11.3 Å². The van der Waals surface area contributed by atoms with Gasteiger partial charge in [-0.3, -0.25) is 0 Å². The molecule has 0 amide bonds. The Hall–Kier alpha value is -1.28. The van der Waals surface area contributed by atoms with Gasteiger partial charge < -0.3 is 9.73 Å². The number of nitrogens with one attached hydrogen (secondary N) is 1. The summed E-state index contributed by atoms with van der Waals surface area (Å²) < 4.78 is 6.15. The van der Waals surface area contributed by atoms with Crippen LogP contribution in [0.1, 0.15) is 75.2 Å². The maximum Gasteiger partial charge on any atom is 0.134 e. The molecule has 2 nitrogen and oxygen atoms in total. The number of hydrogen-bond donors (Lipinski definition) is 1. The van der Waals surface area contributed by atoms with Crippen LogP contribution in [-0.4, -0.2) is 6.54 Å². The SMILES string of the molecule is CCCNCc1oc2ccc(C(C)CC)cc2c1C1CC1. The van der Waals surface area contributed by atoms with E-state index in [1.165, 1.54) is 41.5 Å². The van der Waals surface area contributed by atoms with Crippen LogP contribution in [0.25, 0.3) is 11.0 Å². The topological polar surface area (TPSA) is 25.2 Å². The van der Waals surface area contributed by atoms with Gasteiger partial charge >= 0.3 is 0 Å². The van der Waals surface area contributed by atoms with Crippen molar-refractivity contribution in [2.75, 3.05) is 6.54 Å². The van der Waals surface area contributed by atoms with Gasteiger partial charge in [0.25, 0.3) is 0 Å². The van der Waals surface area contributed by atoms with E-state index >= 15 is 0 Å². The molecule has 114 valence electrons. The van der Waals surface area contributed by atoms with Crippen molar-refractivity contribution < 1.29 is 4.42 Å². The van der Waals surface area contributed by atoms with E-state index in [1.54, 1.807) is 0 Å². The summed E-state index contributed by atoms with van der Waals surface area (Å²) in [5, 5.41) is 4.85. The maximum atomic E-state index is 6.15. The Labute approximate surface area is 127 Å². The number of rotatable bonds is 7. The van der Waals surface area contributed by atoms with Gasteiger partial charge in [-0.15, -0.1) is 0 Å². The molecule has 1 atom stereocenters. The van der Waals surface area contributed by atoms with Crippen molar-refractivity contribution in [1.29, 1.82) is 0 Å². The molecule has 1 N–H and O–H groups in total. The van der Waals surface area contributed by atoms with Crippen LogP contribution in [0.3, 0.4) is 0 Å². The number of furan rings is 1. The van der Waals surface area contributed by atoms with Gasteiger partial charge in [0.2, 0.25) is 0 Å². The minimum absolute atomic E-state index is 0.623. The van der Waals surface area contributed by atoms with E-state index in [2.05, 4.69) is 44.3 Å². The second-order valence-electron chi connectivity index (χ2n) is 6.45. The average molecular weight is 285 g/mol. The molecule has 0 saturated heterocycles. The molecule has 1 aromatic carbocycles. The van der Waals surface area contributed by atoms with Crippen molar-refractivity contribution in [1.82, 2.24) is 5.32 Å². The second kappa shape index (κ2) is 6.23. The van der Waals surface area contributed by atoms with Gasteiger partial charge in [0.15, 0.2) is 0 Å². The molecule has 1 aliphatic carbocycles. The Balaban J connectivity index is 1.97. The molecule has 1 unspecified atom stereocenters. The lowest BCUT2D eigenvalue weighted by atomic mass is 9.95. The fourth-order valence-corrected chi connectivity index (χ4v) is 3.06. The van der Waals surface area contributed by atoms with Crippen molar-refractivity contribution >= 4 is 11.0 Å². The Morgan fingerprint density at radius 2 is 2.10 bits per heavy atom. The largest absolute Gasteiger partial charge is 0.459 e. The van der Waals surface area contributed by atoms with Crippen LogP contribution in [0.2, 0.25) is 0 Å². The zero-order chi connectivity index (χ0) is 14.8. The van der Waals surface area contributed by atoms with E-state index in [-0.39, 0.29) is 0 Å². The fraction of sp³-hybridized carbons (Fsp3) is 0.579. The van der Waals surface area contributed by atoms with Gasteiger partial charge in [-0.25, -0.2) is 0 Å². The smallest absolute Gasteiger partial charge is 0.134 e. The lowest BCUT2D eigenvalue weighted by molar-refractivity contribution is 0.507. The van der Waals surface area contributed by atoms with Crippen molar-refractivity contribution in [2.24, 2.45) is 0 Å². The lowest BCUT2D eigenvalue weighted by Gasteiger charge is -2.08. The summed E-state index contributed by atoms with van der Waals surface area (Å²) >= 11 is 0. The van der Waals surface area contributed by atoms with Gasteiger partial charge in [0.05, 0.1) is 6.54 Å². The van der Waals surface area contributed by atoms with Gasteiger partial charge in [-0.05, 0) is 61.8 Å². The maximum absolute atomic E-state index is 6.15. The summed E-state index contributed by atoms with van der Waals surface area (Å²) in [5.74, 6) is 2.53. The first-order valence-corrected chi connectivity index (χ1v) is 8.50. The average Bonchev–Trinajstić information content (AvgIpc) is 3.27. The highest BCUT2D eigenvalue weighted by Gasteiger charge is 2.30. The lowest BCUT2D eigenvalue weighted by Crippen LogP contribution is -2.14. The normalized spacial score (nSPS) is 16.5. The van der Waals surface area contributed by atoms with Crippen LogP contribution >= 0.6 is 0 Å². The Kier molecular flexibility index (Phi) is 4.34. The Morgan fingerprint density at radius 3 is 2.76 bits per heavy atom. The molecule has 0 radical (unpaired) electrons. The first kappa shape index (κ1) is 14.6. The third kappa shape index (κ3) is 3.01. The molecule has 1 aliphatic rings. The summed E-state index contributed by atoms with van der Waals surface area (Å²) in [6.07, 6.45) is 5.00. The fourth-order valence-electron chi connectivity index (χ4n) is 3.06. The Bertz CT molecular complexity index is 609. The minimum atomic E-state index is 0.623. The molecule has 1 aromatic heterocycles. The van der Waals surface area contributed by atoms with Gasteiger partial charge in [-0.1, -0.05) is 26.8 Å². The summed E-state index contributed by atoms with van der Waals surface area (Å²) in [6, 6.07) is 6.79. The van der Waals surface area contributed by atoms with E-state index < -0.39 is 0 Å². The van der Waals surface area contributed by atoms with Crippen LogP contribution in [-0.2, 0) is 6.54 Å². The molecule has 1 heterocycles. The molecule has 0 spiro atoms. The summed E-state index contributed by atoms with van der Waals surface area (Å²) in [6.45, 7) is 8.69. The predicted octanol–water partition coefficient (Wildman–Crippen LogP) is 5.32. The van der Waals surface area contributed by atoms with E-state index in [4.69, 9.17) is 4.42 Å². The first-order chi connectivity index (χ1) is 10.2. The van der Waals surface area contributed by atoms with Crippen molar-refractivity contribution in [3.63, 3.8) is 0 Å². The summed E-state index contributed by atoms with van der Waals surface area (Å²) in [7, 11) is 0. The van der Waals surface area contributed by atoms with E-state index in [9.17, 15) is 0 Å². The zero-order valence-electron chi connectivity index (χ0n) is 13.5. The molecule has 3 rings (SSSR count). The summed E-state index contributed by atoms with van der Waals surface area (Å²) in [4.78, 5) is 0. The molecule has 1 saturated carbocycles. The quantitative estimate of drug-likeness (QED) is 0.696. The third-order valence-electron chi connectivity index (χ3n) is 4.71. The highest BCUT2D eigenvalue weighted by Crippen LogP contribution is 2.46. The van der Waals surface area contributed by atoms with Crippen LogP contribution in [0.5, 0.6) is 0 Å².